The van der Waals surface area contributed by atoms with Crippen molar-refractivity contribution in [3.63, 3.8) is 0 Å². The van der Waals surface area contributed by atoms with E-state index in [1.165, 1.54) is 7.11 Å². The zero-order chi connectivity index (χ0) is 18.9. The third kappa shape index (κ3) is 1.76. The minimum atomic E-state index is -1.58. The van der Waals surface area contributed by atoms with Gasteiger partial charge in [0.1, 0.15) is 11.4 Å². The van der Waals surface area contributed by atoms with E-state index in [0.29, 0.717) is 31.3 Å². The molecule has 140 valence electrons. The van der Waals surface area contributed by atoms with Crippen molar-refractivity contribution >= 4 is 23.3 Å². The fourth-order valence-corrected chi connectivity index (χ4v) is 6.08. The van der Waals surface area contributed by atoms with Gasteiger partial charge >= 0.3 is 5.97 Å². The van der Waals surface area contributed by atoms with Crippen molar-refractivity contribution in [3.8, 4) is 0 Å². The van der Waals surface area contributed by atoms with Gasteiger partial charge in [-0.05, 0) is 50.5 Å². The number of esters is 1. The number of methoxy groups -OCH3 is 1. The molecule has 6 nitrogen and oxygen atoms in total. The van der Waals surface area contributed by atoms with Crippen LogP contribution < -0.4 is 0 Å². The van der Waals surface area contributed by atoms with Crippen molar-refractivity contribution in [3.05, 3.63) is 11.1 Å². The van der Waals surface area contributed by atoms with Crippen LogP contribution in [-0.4, -0.2) is 41.1 Å². The van der Waals surface area contributed by atoms with Gasteiger partial charge in [-0.15, -0.1) is 0 Å². The van der Waals surface area contributed by atoms with Crippen molar-refractivity contribution in [2.24, 2.45) is 16.7 Å². The van der Waals surface area contributed by atoms with E-state index in [9.17, 15) is 24.3 Å². The number of aliphatic hydroxyl groups is 1. The molecule has 2 saturated carbocycles. The third-order valence-electron chi connectivity index (χ3n) is 7.54. The second-order valence-electron chi connectivity index (χ2n) is 8.41. The van der Waals surface area contributed by atoms with Crippen molar-refractivity contribution in [1.29, 1.82) is 0 Å². The quantitative estimate of drug-likeness (QED) is 0.564. The summed E-state index contributed by atoms with van der Waals surface area (Å²) in [5, 5.41) is 11.5. The molecular weight excluding hydrogens is 336 g/mol. The highest BCUT2D eigenvalue weighted by atomic mass is 16.5. The molecule has 0 amide bonds. The van der Waals surface area contributed by atoms with Crippen LogP contribution in [0.2, 0.25) is 0 Å². The molecule has 4 rings (SSSR count). The Hall–Kier alpha value is -1.82. The Labute approximate surface area is 152 Å². The standard InChI is InChI=1S/C20H24O6/c1-18-8-6-12-16(19(18,25)9-7-14(18)22)13(21)10-11-4-3-5-15(23)20(11,12)17(24)26-2/h11,25H,3-10H2,1-2H3/t11?,18-,19?,20-/m1/s1. The topological polar surface area (TPSA) is 97.7 Å². The molecule has 4 aliphatic carbocycles. The van der Waals surface area contributed by atoms with Gasteiger partial charge in [-0.1, -0.05) is 0 Å². The average Bonchev–Trinajstić information content (AvgIpc) is 2.85. The fourth-order valence-electron chi connectivity index (χ4n) is 6.08. The van der Waals surface area contributed by atoms with E-state index in [-0.39, 0.29) is 48.6 Å². The number of ether oxygens (including phenoxy) is 1. The van der Waals surface area contributed by atoms with Crippen LogP contribution in [0.25, 0.3) is 0 Å². The first-order valence-electron chi connectivity index (χ1n) is 9.38. The lowest BCUT2D eigenvalue weighted by atomic mass is 9.49. The van der Waals surface area contributed by atoms with Crippen LogP contribution in [0.15, 0.2) is 11.1 Å². The lowest BCUT2D eigenvalue weighted by molar-refractivity contribution is -0.163. The van der Waals surface area contributed by atoms with E-state index in [4.69, 9.17) is 4.74 Å². The summed E-state index contributed by atoms with van der Waals surface area (Å²) in [7, 11) is 1.26. The predicted octanol–water partition coefficient (Wildman–Crippen LogP) is 1.68. The van der Waals surface area contributed by atoms with Crippen molar-refractivity contribution < 1.29 is 29.0 Å². The van der Waals surface area contributed by atoms with Crippen LogP contribution in [0.4, 0.5) is 0 Å². The first-order chi connectivity index (χ1) is 12.2. The Morgan fingerprint density at radius 2 is 1.85 bits per heavy atom. The van der Waals surface area contributed by atoms with Crippen LogP contribution >= 0.6 is 0 Å². The number of fused-ring (bicyclic) bond motifs is 4. The normalized spacial score (nSPS) is 42.3. The molecule has 0 bridgehead atoms. The Morgan fingerprint density at radius 1 is 1.12 bits per heavy atom. The van der Waals surface area contributed by atoms with E-state index < -0.39 is 28.3 Å². The average molecular weight is 360 g/mol. The molecule has 0 aromatic rings. The monoisotopic (exact) mass is 360 g/mol. The molecule has 0 radical (unpaired) electrons. The largest absolute Gasteiger partial charge is 0.468 e. The highest BCUT2D eigenvalue weighted by Crippen LogP contribution is 2.62. The van der Waals surface area contributed by atoms with Crippen LogP contribution in [-0.2, 0) is 23.9 Å². The lowest BCUT2D eigenvalue weighted by Crippen LogP contribution is -2.60. The number of carbonyl (C=O) groups is 4. The molecule has 0 aromatic carbocycles. The number of Topliss-reactive ketones (excluding diaryl/α,β-unsaturated/α-hetero) is 3. The molecule has 4 atom stereocenters. The summed E-state index contributed by atoms with van der Waals surface area (Å²) in [4.78, 5) is 51.5. The zero-order valence-corrected chi connectivity index (χ0v) is 15.2. The van der Waals surface area contributed by atoms with E-state index in [0.717, 1.165) is 0 Å². The first-order valence-corrected chi connectivity index (χ1v) is 9.38. The second kappa shape index (κ2) is 5.35. The molecular formula is C20H24O6. The van der Waals surface area contributed by atoms with Crippen molar-refractivity contribution in [1.82, 2.24) is 0 Å². The molecule has 0 aromatic heterocycles. The minimum Gasteiger partial charge on any atom is -0.468 e. The van der Waals surface area contributed by atoms with E-state index in [2.05, 4.69) is 0 Å². The maximum Gasteiger partial charge on any atom is 0.323 e. The van der Waals surface area contributed by atoms with Gasteiger partial charge in [0.15, 0.2) is 17.0 Å². The summed E-state index contributed by atoms with van der Waals surface area (Å²) in [6, 6.07) is 0. The first kappa shape index (κ1) is 17.6. The van der Waals surface area contributed by atoms with Crippen molar-refractivity contribution in [2.75, 3.05) is 7.11 Å². The van der Waals surface area contributed by atoms with Gasteiger partial charge in [0.2, 0.25) is 0 Å². The fraction of sp³-hybridized carbons (Fsp3) is 0.700. The molecule has 0 aliphatic heterocycles. The molecule has 0 saturated heterocycles. The molecule has 2 unspecified atom stereocenters. The maximum atomic E-state index is 13.1. The number of rotatable bonds is 1. The maximum absolute atomic E-state index is 13.1. The zero-order valence-electron chi connectivity index (χ0n) is 15.2. The highest BCUT2D eigenvalue weighted by Gasteiger charge is 2.68. The molecule has 2 fully saturated rings. The molecule has 0 heterocycles. The van der Waals surface area contributed by atoms with Gasteiger partial charge in [-0.2, -0.15) is 0 Å². The second-order valence-corrected chi connectivity index (χ2v) is 8.41. The summed E-state index contributed by atoms with van der Waals surface area (Å²) < 4.78 is 5.04. The number of carbonyl (C=O) groups excluding carboxylic acids is 4. The minimum absolute atomic E-state index is 0.0479. The molecule has 4 aliphatic rings. The Balaban J connectivity index is 2.01. The summed E-state index contributed by atoms with van der Waals surface area (Å²) in [6.45, 7) is 1.71. The van der Waals surface area contributed by atoms with Crippen LogP contribution in [0, 0.1) is 16.7 Å². The van der Waals surface area contributed by atoms with Crippen molar-refractivity contribution in [2.45, 2.75) is 63.9 Å². The van der Waals surface area contributed by atoms with Gasteiger partial charge in [0.25, 0.3) is 0 Å². The summed E-state index contributed by atoms with van der Waals surface area (Å²) >= 11 is 0. The Kier molecular flexibility index (Phi) is 3.62. The van der Waals surface area contributed by atoms with Crippen LogP contribution in [0.3, 0.4) is 0 Å². The molecule has 6 heteroatoms. The van der Waals surface area contributed by atoms with Gasteiger partial charge in [-0.3, -0.25) is 19.2 Å². The number of ketones is 3. The summed E-state index contributed by atoms with van der Waals surface area (Å²) in [5.74, 6) is -1.51. The van der Waals surface area contributed by atoms with Crippen LogP contribution in [0.1, 0.15) is 58.3 Å². The molecule has 1 N–H and O–H groups in total. The third-order valence-corrected chi connectivity index (χ3v) is 7.54. The predicted molar refractivity (Wildman–Crippen MR) is 90.0 cm³/mol. The highest BCUT2D eigenvalue weighted by molar-refractivity contribution is 6.14. The van der Waals surface area contributed by atoms with Gasteiger partial charge in [0.05, 0.1) is 12.5 Å². The van der Waals surface area contributed by atoms with E-state index >= 15 is 0 Å². The Morgan fingerprint density at radius 3 is 2.54 bits per heavy atom. The lowest BCUT2D eigenvalue weighted by Gasteiger charge is -2.53. The van der Waals surface area contributed by atoms with Gasteiger partial charge < -0.3 is 9.84 Å². The molecule has 0 spiro atoms. The van der Waals surface area contributed by atoms with Gasteiger partial charge in [-0.25, -0.2) is 0 Å². The van der Waals surface area contributed by atoms with E-state index in [1.54, 1.807) is 6.92 Å². The smallest absolute Gasteiger partial charge is 0.323 e. The SMILES string of the molecule is COC(=O)[C@]12C(=O)CCCC1CC(=O)C1=C2CC[C@]2(C)C(=O)CCC12O. The van der Waals surface area contributed by atoms with Crippen LogP contribution in [0.5, 0.6) is 0 Å². The summed E-state index contributed by atoms with van der Waals surface area (Å²) in [6.07, 6.45) is 2.59. The number of hydrogen-bond donors (Lipinski definition) is 1. The summed E-state index contributed by atoms with van der Waals surface area (Å²) in [5.41, 5.74) is -3.47. The molecule has 26 heavy (non-hydrogen) atoms. The number of hydrogen-bond acceptors (Lipinski definition) is 6. The Bertz CT molecular complexity index is 769. The van der Waals surface area contributed by atoms with E-state index in [1.807, 2.05) is 0 Å². The van der Waals surface area contributed by atoms with Gasteiger partial charge in [0, 0.05) is 24.8 Å².